The van der Waals surface area contributed by atoms with E-state index >= 15 is 0 Å². The Balaban J connectivity index is 0.938. The lowest BCUT2D eigenvalue weighted by Crippen LogP contribution is -3.14. The molecule has 20 aliphatic heterocycles. The van der Waals surface area contributed by atoms with Crippen LogP contribution in [-0.4, -0.2) is 78.5 Å². The minimum atomic E-state index is 1.05. The van der Waals surface area contributed by atoms with Crippen molar-refractivity contribution < 1.29 is 19.6 Å². The summed E-state index contributed by atoms with van der Waals surface area (Å²) in [6, 6.07) is 0. The number of nitrogens with one attached hydrogen (secondary N) is 4. The third kappa shape index (κ3) is 7.31. The van der Waals surface area contributed by atoms with Crippen LogP contribution in [0, 0.1) is 47.3 Å². The van der Waals surface area contributed by atoms with Crippen molar-refractivity contribution in [2.24, 2.45) is 47.3 Å². The van der Waals surface area contributed by atoms with Gasteiger partial charge in [-0.1, -0.05) is 0 Å². The molecule has 0 unspecified atom stereocenters. The van der Waals surface area contributed by atoms with Crippen LogP contribution in [0.15, 0.2) is 0 Å². The van der Waals surface area contributed by atoms with Crippen LogP contribution in [0.3, 0.4) is 0 Å². The molecule has 22 fully saturated rings. The average Bonchev–Trinajstić information content (AvgIpc) is 3.00. The number of quaternary nitrogens is 4. The van der Waals surface area contributed by atoms with Crippen LogP contribution in [0.25, 0.3) is 0 Å². The minimum absolute atomic E-state index is 1.05. The van der Waals surface area contributed by atoms with Crippen molar-refractivity contribution in [1.29, 1.82) is 0 Å². The molecule has 4 nitrogen and oxygen atoms in total. The van der Waals surface area contributed by atoms with Gasteiger partial charge in [0, 0.05) is 23.7 Å². The molecule has 12 bridgehead atoms. The van der Waals surface area contributed by atoms with Crippen LogP contribution < -0.4 is 19.6 Å². The van der Waals surface area contributed by atoms with Gasteiger partial charge in [-0.3, -0.25) is 0 Å². The summed E-state index contributed by atoms with van der Waals surface area (Å²) in [6.07, 6.45) is 24.8. The van der Waals surface area contributed by atoms with Gasteiger partial charge >= 0.3 is 0 Å². The van der Waals surface area contributed by atoms with E-state index in [4.69, 9.17) is 0 Å². The topological polar surface area (TPSA) is 17.8 Å². The second-order valence-electron chi connectivity index (χ2n) is 16.9. The fourth-order valence-corrected chi connectivity index (χ4v) is 11.8. The fraction of sp³-hybridized carbons (Fsp3) is 1.00. The summed E-state index contributed by atoms with van der Waals surface area (Å²) in [5.41, 5.74) is 0. The molecule has 0 spiro atoms. The summed E-state index contributed by atoms with van der Waals surface area (Å²) in [4.78, 5) is 7.97. The summed E-state index contributed by atoms with van der Waals surface area (Å²) in [5.74, 6) is 8.48. The molecule has 22 rings (SSSR count). The highest BCUT2D eigenvalue weighted by molar-refractivity contribution is 4.79. The Labute approximate surface area is 248 Å². The molecule has 0 aromatic carbocycles. The Bertz CT molecular complexity index is 611. The van der Waals surface area contributed by atoms with Gasteiger partial charge in [-0.05, 0) is 126 Å². The quantitative estimate of drug-likeness (QED) is 0.338. The van der Waals surface area contributed by atoms with Crippen LogP contribution in [0.4, 0.5) is 0 Å². The Hall–Kier alpha value is -0.160. The lowest BCUT2D eigenvalue weighted by molar-refractivity contribution is -0.915. The molecular formula is C36H68N4+4. The maximum Gasteiger partial charge on any atom is 0.0799 e. The Morgan fingerprint density at radius 1 is 0.225 bits per heavy atom. The predicted octanol–water partition coefficient (Wildman–Crippen LogP) is 0.792. The van der Waals surface area contributed by atoms with Gasteiger partial charge < -0.3 is 19.6 Å². The molecular weight excluding hydrogens is 488 g/mol. The van der Waals surface area contributed by atoms with E-state index < -0.39 is 0 Å². The lowest BCUT2D eigenvalue weighted by Gasteiger charge is -2.41. The first-order valence-corrected chi connectivity index (χ1v) is 19.1. The largest absolute Gasteiger partial charge is 0.335 e. The molecule has 40 heavy (non-hydrogen) atoms. The molecule has 4 N–H and O–H groups in total. The molecule has 0 atom stereocenters. The van der Waals surface area contributed by atoms with Gasteiger partial charge in [0.2, 0.25) is 0 Å². The van der Waals surface area contributed by atoms with Crippen molar-refractivity contribution in [3.05, 3.63) is 0 Å². The van der Waals surface area contributed by atoms with Crippen molar-refractivity contribution in [2.75, 3.05) is 78.5 Å². The van der Waals surface area contributed by atoms with Crippen LogP contribution >= 0.6 is 0 Å². The summed E-state index contributed by atoms with van der Waals surface area (Å²) in [7, 11) is 0. The van der Waals surface area contributed by atoms with Crippen LogP contribution in [0.2, 0.25) is 0 Å². The van der Waals surface area contributed by atoms with Gasteiger partial charge in [0.1, 0.15) is 0 Å². The monoisotopic (exact) mass is 557 g/mol. The zero-order valence-electron chi connectivity index (χ0n) is 26.4. The first-order chi connectivity index (χ1) is 19.7. The van der Waals surface area contributed by atoms with E-state index in [9.17, 15) is 0 Å². The van der Waals surface area contributed by atoms with Crippen molar-refractivity contribution >= 4 is 0 Å². The van der Waals surface area contributed by atoms with E-state index in [1.54, 1.807) is 103 Å². The van der Waals surface area contributed by atoms with Gasteiger partial charge in [-0.2, -0.15) is 0 Å². The third-order valence-electron chi connectivity index (χ3n) is 14.5. The molecule has 0 aromatic heterocycles. The maximum absolute atomic E-state index is 1.99. The van der Waals surface area contributed by atoms with Gasteiger partial charge in [0.25, 0.3) is 0 Å². The number of hydrogen-bond acceptors (Lipinski definition) is 0. The molecule has 0 radical (unpaired) electrons. The predicted molar refractivity (Wildman–Crippen MR) is 164 cm³/mol. The van der Waals surface area contributed by atoms with E-state index in [1.165, 1.54) is 78.5 Å². The minimum Gasteiger partial charge on any atom is -0.335 e. The molecule has 2 saturated carbocycles. The van der Waals surface area contributed by atoms with Crippen molar-refractivity contribution in [3.63, 3.8) is 0 Å². The van der Waals surface area contributed by atoms with Gasteiger partial charge in [-0.25, -0.2) is 0 Å². The first kappa shape index (κ1) is 28.6. The van der Waals surface area contributed by atoms with E-state index in [1.807, 2.05) is 19.6 Å². The highest BCUT2D eigenvalue weighted by Gasteiger charge is 2.37. The molecule has 20 heterocycles. The van der Waals surface area contributed by atoms with Gasteiger partial charge in [0.15, 0.2) is 0 Å². The summed E-state index contributed by atoms with van der Waals surface area (Å²) >= 11 is 0. The molecule has 4 heteroatoms. The van der Waals surface area contributed by atoms with Crippen molar-refractivity contribution in [3.8, 4) is 0 Å². The van der Waals surface area contributed by atoms with Crippen molar-refractivity contribution in [2.45, 2.75) is 103 Å². The molecule has 0 amide bonds. The zero-order valence-corrected chi connectivity index (χ0v) is 26.4. The van der Waals surface area contributed by atoms with Crippen LogP contribution in [0.1, 0.15) is 103 Å². The standard InChI is InChI=1S/C36H64N4/c1-2-30-4-3-29(1)25-37-17-9-33(10-18-37)35-13-21-39(22-14-35)27-31-5-7-32(8-6-31)28-40-23-15-36(16-24-40)34-11-19-38(26-30)20-12-34/h29-36H,1-28H2/p+4. The van der Waals surface area contributed by atoms with E-state index in [2.05, 4.69) is 0 Å². The molecule has 22 aliphatic rings. The Morgan fingerprint density at radius 3 is 0.575 bits per heavy atom. The summed E-state index contributed by atoms with van der Waals surface area (Å²) in [6.45, 7) is 18.1. The first-order valence-electron chi connectivity index (χ1n) is 19.1. The Kier molecular flexibility index (Phi) is 9.76. The highest BCUT2D eigenvalue weighted by atomic mass is 15.2. The SMILES string of the molecule is C1CC2CCC1C[NH+]1CCC(CC1)C1CC[NH+](CC1)CC1CCC(CC1)C[NH+]1CCC(CC1)C1CC[NH+](CC1)C2. The van der Waals surface area contributed by atoms with E-state index in [0.29, 0.717) is 0 Å². The molecule has 228 valence electrons. The molecule has 2 aliphatic carbocycles. The van der Waals surface area contributed by atoms with Gasteiger partial charge in [-0.15, -0.1) is 0 Å². The third-order valence-corrected chi connectivity index (χ3v) is 14.5. The summed E-state index contributed by atoms with van der Waals surface area (Å²) in [5, 5.41) is 0. The normalized spacial score (nSPS) is 49.2. The Morgan fingerprint density at radius 2 is 0.400 bits per heavy atom. The van der Waals surface area contributed by atoms with Crippen LogP contribution in [0.5, 0.6) is 0 Å². The van der Waals surface area contributed by atoms with Crippen molar-refractivity contribution in [1.82, 2.24) is 0 Å². The highest BCUT2D eigenvalue weighted by Crippen LogP contribution is 2.32. The molecule has 0 aromatic rings. The summed E-state index contributed by atoms with van der Waals surface area (Å²) < 4.78 is 0. The number of rotatable bonds is 0. The zero-order chi connectivity index (χ0) is 26.7. The maximum atomic E-state index is 1.99. The van der Waals surface area contributed by atoms with Crippen LogP contribution in [-0.2, 0) is 0 Å². The van der Waals surface area contributed by atoms with Gasteiger partial charge in [0.05, 0.1) is 78.5 Å². The van der Waals surface area contributed by atoms with E-state index in [0.717, 1.165) is 47.3 Å². The number of piperidine rings is 4. The second kappa shape index (κ2) is 13.6. The number of hydrogen-bond donors (Lipinski definition) is 4. The lowest BCUT2D eigenvalue weighted by atomic mass is 9.76. The fourth-order valence-electron chi connectivity index (χ4n) is 11.8. The average molecular weight is 557 g/mol. The smallest absolute Gasteiger partial charge is 0.0799 e. The molecule has 20 saturated heterocycles. The van der Waals surface area contributed by atoms with E-state index in [-0.39, 0.29) is 0 Å². The second-order valence-corrected chi connectivity index (χ2v) is 16.9.